The molecule has 3 amide bonds. The summed E-state index contributed by atoms with van der Waals surface area (Å²) in [5, 5.41) is 127. The summed E-state index contributed by atoms with van der Waals surface area (Å²) in [5.41, 5.74) is 8.47. The number of phenols is 7. The Morgan fingerprint density at radius 1 is 0.522 bits per heavy atom. The lowest BCUT2D eigenvalue weighted by molar-refractivity contribution is -0.116. The number of fused-ring (bicyclic) bond motifs is 2. The molecule has 0 aliphatic carbocycles. The Hall–Kier alpha value is -14.8. The van der Waals surface area contributed by atoms with Gasteiger partial charge in [-0.3, -0.25) is 28.5 Å². The number of hydrogen-bond donors (Lipinski definition) is 17. The van der Waals surface area contributed by atoms with Gasteiger partial charge in [0.05, 0.1) is 70.4 Å². The van der Waals surface area contributed by atoms with Gasteiger partial charge in [0.15, 0.2) is 5.44 Å². The molecule has 1 atom stereocenters. The normalized spacial score (nSPS) is 12.4. The topological polar surface area (TPSA) is 621 Å². The van der Waals surface area contributed by atoms with Crippen molar-refractivity contribution in [2.24, 2.45) is 0 Å². The monoisotopic (exact) mass is 2000 g/mol. The number of aromatic nitrogens is 20. The van der Waals surface area contributed by atoms with E-state index in [9.17, 15) is 80.2 Å². The number of esters is 1. The highest BCUT2D eigenvalue weighted by atomic mass is 32.2. The van der Waals surface area contributed by atoms with E-state index in [1.165, 1.54) is 59.8 Å². The average Bonchev–Trinajstić information content (AvgIpc) is 1.67. The van der Waals surface area contributed by atoms with Gasteiger partial charge in [0.25, 0.3) is 11.8 Å². The number of nitrogens with zero attached hydrogens (tertiary/aromatic N) is 19. The van der Waals surface area contributed by atoms with E-state index in [0.29, 0.717) is 67.8 Å². The fraction of sp³-hybridized carbons (Fsp3) is 0.203. The Labute approximate surface area is 792 Å². The number of H-pyrrole nitrogens is 4. The lowest BCUT2D eigenvalue weighted by Gasteiger charge is -2.21. The smallest absolute Gasteiger partial charge is 0.340 e. The first kappa shape index (κ1) is 99.8. The van der Waals surface area contributed by atoms with E-state index in [-0.39, 0.29) is 111 Å². The number of phenolic OH excluding ortho intramolecular Hbond substituents is 7. The summed E-state index contributed by atoms with van der Waals surface area (Å²) in [7, 11) is -6.61. The number of sulfonamides is 3. The molecule has 46 nitrogen and oxygen atoms in total. The number of nitrogens with one attached hydrogen (secondary N) is 9. The number of aryl methyl sites for hydroxylation is 2. The third kappa shape index (κ3) is 25.1. The molecule has 2 aliphatic rings. The van der Waals surface area contributed by atoms with E-state index in [0.717, 1.165) is 82.9 Å². The van der Waals surface area contributed by atoms with E-state index in [4.69, 9.17) is 53.6 Å². The fourth-order valence-electron chi connectivity index (χ4n) is 12.6. The highest BCUT2D eigenvalue weighted by molar-refractivity contribution is 7.99. The van der Waals surface area contributed by atoms with Gasteiger partial charge in [-0.25, -0.2) is 53.7 Å². The lowest BCUT2D eigenvalue weighted by Crippen LogP contribution is -2.29. The molecule has 9 aromatic carbocycles. The van der Waals surface area contributed by atoms with Crippen molar-refractivity contribution in [2.45, 2.75) is 69.5 Å². The van der Waals surface area contributed by atoms with Crippen molar-refractivity contribution in [3.63, 3.8) is 0 Å². The maximum Gasteiger partial charge on any atom is 0.340 e. The van der Waals surface area contributed by atoms with Crippen LogP contribution in [0.2, 0.25) is 0 Å². The van der Waals surface area contributed by atoms with E-state index in [1.807, 2.05) is 68.4 Å². The van der Waals surface area contributed by atoms with E-state index >= 15 is 0 Å². The summed E-state index contributed by atoms with van der Waals surface area (Å²) >= 11 is 25.4. The van der Waals surface area contributed by atoms with Crippen molar-refractivity contribution in [2.75, 3.05) is 85.5 Å². The molecule has 55 heteroatoms. The first-order chi connectivity index (χ1) is 63.4. The van der Waals surface area contributed by atoms with Crippen LogP contribution >= 0.6 is 73.3 Å². The first-order valence-electron chi connectivity index (χ1n) is 39.1. The highest BCUT2D eigenvalue weighted by Gasteiger charge is 2.38. The number of tetrazole rings is 5. The number of carbonyl (C=O) groups excluding carboxylic acids is 4. The molecular formula is C79H84N28O18S9. The number of rotatable bonds is 24. The van der Waals surface area contributed by atoms with Gasteiger partial charge in [-0.15, -0.1) is 17.7 Å². The number of amides is 3. The minimum atomic E-state index is -3.69. The van der Waals surface area contributed by atoms with Crippen molar-refractivity contribution in [1.29, 1.82) is 0 Å². The van der Waals surface area contributed by atoms with Crippen LogP contribution in [0.1, 0.15) is 92.4 Å². The molecule has 0 fully saturated rings. The molecule has 0 spiro atoms. The van der Waals surface area contributed by atoms with Crippen LogP contribution in [0, 0.1) is 32.9 Å². The predicted molar refractivity (Wildman–Crippen MR) is 509 cm³/mol. The van der Waals surface area contributed by atoms with Crippen molar-refractivity contribution in [3.8, 4) is 63.0 Å². The number of thioether (sulfide) groups is 1. The van der Waals surface area contributed by atoms with Gasteiger partial charge in [-0.05, 0) is 225 Å². The molecule has 5 aromatic heterocycles. The van der Waals surface area contributed by atoms with Crippen LogP contribution in [0.5, 0.6) is 40.2 Å². The molecule has 14 aromatic rings. The molecule has 0 saturated heterocycles. The molecule has 0 saturated carbocycles. The predicted octanol–water partition coefficient (Wildman–Crippen LogP) is 10.8. The van der Waals surface area contributed by atoms with Gasteiger partial charge in [0.1, 0.15) is 63.0 Å². The molecule has 2 aliphatic heterocycles. The van der Waals surface area contributed by atoms with Crippen LogP contribution in [0.15, 0.2) is 168 Å². The molecule has 1 unspecified atom stereocenters. The second-order valence-corrected chi connectivity index (χ2v) is 37.2. The highest BCUT2D eigenvalue weighted by Crippen LogP contribution is 2.44. The van der Waals surface area contributed by atoms with Crippen LogP contribution < -0.4 is 39.5 Å². The number of anilines is 9. The Morgan fingerprint density at radius 2 is 1.06 bits per heavy atom. The largest absolute Gasteiger partial charge is 0.508 e. The first-order valence-corrected chi connectivity index (χ1v) is 47.7. The minimum absolute atomic E-state index is 0.0110. The van der Waals surface area contributed by atoms with Crippen LogP contribution in [0.25, 0.3) is 22.7 Å². The standard InChI is InChI=1S/C16H11N5O3S.C16H12N4O4S.C15H19N3O2S2.C11H13N5O3S.C11H15N5OS.C10H14N6O5S3/c1-8-6-9(7-12(13(8)22)21-16(25)17-18-19-21)20-14(23)10-4-2-3-5-11(10)15(20)24;1-8-6-13(22)11(7-12(8)21)20-16(17-18-19-20)25-15-10-5-3-2-4-9(10)14(23)24-15;1-18(2)13-7-4-11(5-8-13)16-14-9-6-12(10-15(14)21)17-22(3,19)20;1-2-3-10(19)12-6-4-9(18)7(5-8(6)17)16-11(20)13-14-15-16;1-3-15(4-2)8-5-6-10(17)9(7-8)16-11(18)12-13-14-16;1-23(18,19)12-7-3-6(5-16-10(22)11-14-15-16)9(17)8(4-7)13-24(2,20)21/h2-7,22H,1H3,(H,17,19,25);2-7,15,21-22H,1H3;4-10,16-17,21H,1-3H3;4-5,17-18H,2-3H2,1H3,(H,12,19)(H,13,15,20);5-7,17H,3-4H2,1-2H3,(H,12,14,18);3-4,12-13,17H,5H2,1-2H3,(H,11,15,22). The van der Waals surface area contributed by atoms with Crippen LogP contribution in [0.4, 0.5) is 51.2 Å². The van der Waals surface area contributed by atoms with Crippen LogP contribution in [-0.4, -0.2) is 232 Å². The lowest BCUT2D eigenvalue weighted by atomic mass is 10.1. The number of aromatic amines is 4. The van der Waals surface area contributed by atoms with Gasteiger partial charge in [0.2, 0.25) is 60.2 Å². The summed E-state index contributed by atoms with van der Waals surface area (Å²) in [5.74, 6) is -2.21. The Balaban J connectivity index is 0.000000155. The molecule has 702 valence electrons. The summed E-state index contributed by atoms with van der Waals surface area (Å²) in [4.78, 5) is 54.7. The number of ether oxygens (including phenoxy) is 1. The summed E-state index contributed by atoms with van der Waals surface area (Å²) in [6.07, 6.45) is 3.97. The third-order valence-electron chi connectivity index (χ3n) is 18.8. The maximum atomic E-state index is 12.7. The molecule has 0 bridgehead atoms. The van der Waals surface area contributed by atoms with Crippen LogP contribution in [-0.2, 0) is 46.1 Å². The van der Waals surface area contributed by atoms with Gasteiger partial charge < -0.3 is 60.9 Å². The molecule has 16 N–H and O–H groups in total. The van der Waals surface area contributed by atoms with E-state index < -0.39 is 53.3 Å². The number of aromatic hydroxyl groups is 7. The summed E-state index contributed by atoms with van der Waals surface area (Å²) in [6, 6.07) is 43.1. The Kier molecular flexibility index (Phi) is 32.1. The fourth-order valence-corrected chi connectivity index (χ4v) is 16.2. The number of hydrogen-bond acceptors (Lipinski definition) is 38. The molecular weight excluding hydrogens is 1920 g/mol. The van der Waals surface area contributed by atoms with Crippen LogP contribution in [0.3, 0.4) is 0 Å². The number of cyclic esters (lactones) is 1. The molecule has 134 heavy (non-hydrogen) atoms. The van der Waals surface area contributed by atoms with Crippen molar-refractivity contribution in [1.82, 2.24) is 101 Å². The van der Waals surface area contributed by atoms with Gasteiger partial charge in [-0.1, -0.05) is 78.5 Å². The zero-order valence-corrected chi connectivity index (χ0v) is 79.4. The number of carbonyl (C=O) groups is 4. The van der Waals surface area contributed by atoms with Crippen molar-refractivity contribution >= 4 is 178 Å². The Morgan fingerprint density at radius 3 is 1.61 bits per heavy atom. The second-order valence-electron chi connectivity index (χ2n) is 28.9. The molecule has 0 radical (unpaired) electrons. The zero-order chi connectivity index (χ0) is 97.5. The summed E-state index contributed by atoms with van der Waals surface area (Å²) < 4.78 is 87.4. The number of benzene rings is 9. The second kappa shape index (κ2) is 43.1. The van der Waals surface area contributed by atoms with Gasteiger partial charge in [0, 0.05) is 90.6 Å². The van der Waals surface area contributed by atoms with E-state index in [1.54, 1.807) is 86.6 Å². The molecule has 16 rings (SSSR count). The van der Waals surface area contributed by atoms with Gasteiger partial charge in [-0.2, -0.15) is 25.5 Å². The zero-order valence-electron chi connectivity index (χ0n) is 72.0. The third-order valence-corrected chi connectivity index (χ3v) is 23.1. The quantitative estimate of drug-likeness (QED) is 0.00667. The SMILES string of the molecule is CCCC(=O)Nc1cc(O)c(-n2[nH]nnc2=S)cc1O.CCN(CC)c1ccc(O)c(-n2[nH]nnc2=S)c1.CN(C)c1ccc(Nc2ccc(NS(C)(=O)=O)cc2S)cc1.CS(=O)(=O)Nc1cc(Cn2[nH]nnc2=S)c(O)c(NS(C)(=O)=O)c1.Cc1cc(N2C(=O)c3ccccc3C2=O)cc(-n2[nH]nnc2=S)c1O.Cc1cc(O)c(-n2nnnc2SC2OC(=O)c3ccccc32)cc1O. The maximum absolute atomic E-state index is 12.7. The minimum Gasteiger partial charge on any atom is -0.508 e. The Bertz CT molecular complexity index is 7330. The average molecular weight is 2000 g/mol. The molecule has 7 heterocycles. The van der Waals surface area contributed by atoms with E-state index in [2.05, 4.69) is 134 Å². The van der Waals surface area contributed by atoms with Crippen molar-refractivity contribution in [3.05, 3.63) is 216 Å². The summed E-state index contributed by atoms with van der Waals surface area (Å²) in [6.45, 7) is 11.1. The number of imide groups is 1. The number of thiol groups is 1. The van der Waals surface area contributed by atoms with Crippen molar-refractivity contribution < 1.29 is 84.9 Å². The van der Waals surface area contributed by atoms with Gasteiger partial charge >= 0.3 is 5.97 Å².